The lowest BCUT2D eigenvalue weighted by Gasteiger charge is -2.43. The van der Waals surface area contributed by atoms with Crippen LogP contribution in [0.5, 0.6) is 0 Å². The predicted molar refractivity (Wildman–Crippen MR) is 83.8 cm³/mol. The van der Waals surface area contributed by atoms with E-state index < -0.39 is 0 Å². The lowest BCUT2D eigenvalue weighted by Crippen LogP contribution is -2.52. The van der Waals surface area contributed by atoms with Crippen LogP contribution in [0.3, 0.4) is 0 Å². The quantitative estimate of drug-likeness (QED) is 0.919. The van der Waals surface area contributed by atoms with Crippen molar-refractivity contribution in [2.75, 3.05) is 20.2 Å². The van der Waals surface area contributed by atoms with E-state index in [1.54, 1.807) is 0 Å². The van der Waals surface area contributed by atoms with E-state index in [9.17, 15) is 0 Å². The van der Waals surface area contributed by atoms with Crippen LogP contribution < -0.4 is 5.73 Å². The summed E-state index contributed by atoms with van der Waals surface area (Å²) in [6, 6.07) is 8.95. The minimum atomic E-state index is -0.0283. The highest BCUT2D eigenvalue weighted by Crippen LogP contribution is 2.28. The van der Waals surface area contributed by atoms with Gasteiger partial charge < -0.3 is 10.5 Å². The SMILES string of the molecule is COC1(C)CCCN(C(C)C(N)c2ccc(C)cc2)C1. The molecule has 1 saturated heterocycles. The second kappa shape index (κ2) is 6.25. The minimum absolute atomic E-state index is 0.0283. The van der Waals surface area contributed by atoms with Gasteiger partial charge in [0.05, 0.1) is 5.60 Å². The van der Waals surface area contributed by atoms with Crippen LogP contribution in [-0.2, 0) is 4.74 Å². The molecule has 1 heterocycles. The molecule has 0 aromatic heterocycles. The molecule has 1 aromatic carbocycles. The van der Waals surface area contributed by atoms with Crippen molar-refractivity contribution in [2.24, 2.45) is 5.73 Å². The number of nitrogens with two attached hydrogens (primary N) is 1. The monoisotopic (exact) mass is 276 g/mol. The molecule has 2 N–H and O–H groups in total. The fourth-order valence-corrected chi connectivity index (χ4v) is 3.05. The highest BCUT2D eigenvalue weighted by molar-refractivity contribution is 5.25. The summed E-state index contributed by atoms with van der Waals surface area (Å²) < 4.78 is 5.68. The van der Waals surface area contributed by atoms with E-state index in [1.165, 1.54) is 17.5 Å². The van der Waals surface area contributed by atoms with Crippen LogP contribution in [0.15, 0.2) is 24.3 Å². The summed E-state index contributed by atoms with van der Waals surface area (Å²) in [6.45, 7) is 8.60. The second-order valence-corrected chi connectivity index (χ2v) is 6.41. The Labute approximate surface area is 123 Å². The summed E-state index contributed by atoms with van der Waals surface area (Å²) in [7, 11) is 1.81. The van der Waals surface area contributed by atoms with E-state index >= 15 is 0 Å². The molecule has 20 heavy (non-hydrogen) atoms. The topological polar surface area (TPSA) is 38.5 Å². The van der Waals surface area contributed by atoms with Gasteiger partial charge in [0.1, 0.15) is 0 Å². The predicted octanol–water partition coefficient (Wildman–Crippen LogP) is 2.88. The number of piperidine rings is 1. The molecule has 2 rings (SSSR count). The molecule has 3 atom stereocenters. The molecule has 0 radical (unpaired) electrons. The highest BCUT2D eigenvalue weighted by atomic mass is 16.5. The van der Waals surface area contributed by atoms with Gasteiger partial charge in [0.25, 0.3) is 0 Å². The van der Waals surface area contributed by atoms with Crippen LogP contribution in [-0.4, -0.2) is 36.7 Å². The Bertz CT molecular complexity index is 431. The molecule has 0 spiro atoms. The van der Waals surface area contributed by atoms with Crippen molar-refractivity contribution in [3.05, 3.63) is 35.4 Å². The Balaban J connectivity index is 2.06. The van der Waals surface area contributed by atoms with Gasteiger partial charge >= 0.3 is 0 Å². The first-order valence-electron chi connectivity index (χ1n) is 7.56. The maximum absolute atomic E-state index is 6.47. The molecule has 0 bridgehead atoms. The number of ether oxygens (including phenoxy) is 1. The number of hydrogen-bond donors (Lipinski definition) is 1. The van der Waals surface area contributed by atoms with E-state index in [0.717, 1.165) is 19.5 Å². The zero-order valence-corrected chi connectivity index (χ0v) is 13.2. The molecule has 3 heteroatoms. The zero-order chi connectivity index (χ0) is 14.8. The Morgan fingerprint density at radius 1 is 1.30 bits per heavy atom. The average molecular weight is 276 g/mol. The highest BCUT2D eigenvalue weighted by Gasteiger charge is 2.34. The number of nitrogens with zero attached hydrogens (tertiary/aromatic N) is 1. The summed E-state index contributed by atoms with van der Waals surface area (Å²) in [5, 5.41) is 0. The molecule has 0 aliphatic carbocycles. The molecule has 1 aromatic rings. The third-order valence-electron chi connectivity index (χ3n) is 4.74. The van der Waals surface area contributed by atoms with Gasteiger partial charge in [0.2, 0.25) is 0 Å². The van der Waals surface area contributed by atoms with Crippen molar-refractivity contribution in [1.29, 1.82) is 0 Å². The smallest absolute Gasteiger partial charge is 0.0777 e. The number of likely N-dealkylation sites (tertiary alicyclic amines) is 1. The van der Waals surface area contributed by atoms with E-state index in [2.05, 4.69) is 49.9 Å². The molecule has 1 aliphatic heterocycles. The van der Waals surface area contributed by atoms with Gasteiger partial charge in [-0.05, 0) is 45.7 Å². The first kappa shape index (κ1) is 15.5. The van der Waals surface area contributed by atoms with Crippen molar-refractivity contribution in [1.82, 2.24) is 4.90 Å². The maximum Gasteiger partial charge on any atom is 0.0777 e. The van der Waals surface area contributed by atoms with Crippen LogP contribution in [0.25, 0.3) is 0 Å². The Kier molecular flexibility index (Phi) is 4.84. The summed E-state index contributed by atoms with van der Waals surface area (Å²) in [6.07, 6.45) is 2.31. The molecule has 0 amide bonds. The average Bonchev–Trinajstić information content (AvgIpc) is 2.46. The summed E-state index contributed by atoms with van der Waals surface area (Å²) in [4.78, 5) is 2.47. The van der Waals surface area contributed by atoms with E-state index in [4.69, 9.17) is 10.5 Å². The van der Waals surface area contributed by atoms with Gasteiger partial charge in [-0.15, -0.1) is 0 Å². The Morgan fingerprint density at radius 3 is 2.55 bits per heavy atom. The third kappa shape index (κ3) is 3.40. The summed E-state index contributed by atoms with van der Waals surface area (Å²) >= 11 is 0. The van der Waals surface area contributed by atoms with Crippen molar-refractivity contribution >= 4 is 0 Å². The van der Waals surface area contributed by atoms with Crippen LogP contribution in [0.2, 0.25) is 0 Å². The second-order valence-electron chi connectivity index (χ2n) is 6.41. The number of aryl methyl sites for hydroxylation is 1. The normalized spacial score (nSPS) is 27.2. The largest absolute Gasteiger partial charge is 0.377 e. The Morgan fingerprint density at radius 2 is 1.95 bits per heavy atom. The van der Waals surface area contributed by atoms with Gasteiger partial charge in [-0.3, -0.25) is 4.90 Å². The Hall–Kier alpha value is -0.900. The first-order valence-corrected chi connectivity index (χ1v) is 7.56. The van der Waals surface area contributed by atoms with Crippen LogP contribution >= 0.6 is 0 Å². The molecular formula is C17H28N2O. The number of methoxy groups -OCH3 is 1. The number of benzene rings is 1. The van der Waals surface area contributed by atoms with Crippen molar-refractivity contribution in [3.8, 4) is 0 Å². The molecule has 1 aliphatic rings. The van der Waals surface area contributed by atoms with E-state index in [-0.39, 0.29) is 11.6 Å². The summed E-state index contributed by atoms with van der Waals surface area (Å²) in [5.41, 5.74) is 8.93. The van der Waals surface area contributed by atoms with E-state index in [1.807, 2.05) is 7.11 Å². The maximum atomic E-state index is 6.47. The fourth-order valence-electron chi connectivity index (χ4n) is 3.05. The lowest BCUT2D eigenvalue weighted by atomic mass is 9.91. The molecule has 0 saturated carbocycles. The number of rotatable bonds is 4. The molecular weight excluding hydrogens is 248 g/mol. The van der Waals surface area contributed by atoms with Gasteiger partial charge in [-0.1, -0.05) is 29.8 Å². The third-order valence-corrected chi connectivity index (χ3v) is 4.74. The minimum Gasteiger partial charge on any atom is -0.377 e. The van der Waals surface area contributed by atoms with Crippen LogP contribution in [0.4, 0.5) is 0 Å². The lowest BCUT2D eigenvalue weighted by molar-refractivity contribution is -0.0618. The van der Waals surface area contributed by atoms with Crippen molar-refractivity contribution in [2.45, 2.75) is 51.3 Å². The van der Waals surface area contributed by atoms with Gasteiger partial charge in [0, 0.05) is 25.7 Å². The van der Waals surface area contributed by atoms with Crippen molar-refractivity contribution < 1.29 is 4.74 Å². The summed E-state index contributed by atoms with van der Waals surface area (Å²) in [5.74, 6) is 0. The van der Waals surface area contributed by atoms with Gasteiger partial charge in [-0.2, -0.15) is 0 Å². The van der Waals surface area contributed by atoms with Gasteiger partial charge in [-0.25, -0.2) is 0 Å². The molecule has 3 unspecified atom stereocenters. The molecule has 3 nitrogen and oxygen atoms in total. The van der Waals surface area contributed by atoms with E-state index in [0.29, 0.717) is 6.04 Å². The fraction of sp³-hybridized carbons (Fsp3) is 0.647. The zero-order valence-electron chi connectivity index (χ0n) is 13.2. The van der Waals surface area contributed by atoms with Crippen molar-refractivity contribution in [3.63, 3.8) is 0 Å². The first-order chi connectivity index (χ1) is 9.45. The van der Waals surface area contributed by atoms with Crippen LogP contribution in [0.1, 0.15) is 43.9 Å². The number of hydrogen-bond acceptors (Lipinski definition) is 3. The van der Waals surface area contributed by atoms with Gasteiger partial charge in [0.15, 0.2) is 0 Å². The van der Waals surface area contributed by atoms with Crippen LogP contribution in [0, 0.1) is 6.92 Å². The molecule has 1 fully saturated rings. The standard InChI is InChI=1S/C17H28N2O/c1-13-6-8-15(9-7-13)16(18)14(2)19-11-5-10-17(3,12-19)20-4/h6-9,14,16H,5,10-12,18H2,1-4H3. The molecule has 112 valence electrons.